The molecular weight excluding hydrogens is 388 g/mol. The molecule has 0 unspecified atom stereocenters. The highest BCUT2D eigenvalue weighted by atomic mass is 35.5. The minimum atomic E-state index is -0.811. The molecule has 0 saturated heterocycles. The second-order valence-electron chi connectivity index (χ2n) is 5.94. The van der Waals surface area contributed by atoms with Crippen LogP contribution in [0, 0.1) is 0 Å². The number of urea groups is 1. The number of amides is 2. The van der Waals surface area contributed by atoms with Gasteiger partial charge in [0.2, 0.25) is 6.79 Å². The molecular formula is C19H17ClN2O6. The number of primary amides is 1. The Bertz CT molecular complexity index is 917. The van der Waals surface area contributed by atoms with E-state index in [-0.39, 0.29) is 13.2 Å². The third kappa shape index (κ3) is 4.72. The van der Waals surface area contributed by atoms with E-state index in [2.05, 4.69) is 5.32 Å². The molecule has 1 aliphatic heterocycles. The lowest BCUT2D eigenvalue weighted by atomic mass is 10.0. The van der Waals surface area contributed by atoms with Crippen LogP contribution in [0.25, 0.3) is 0 Å². The van der Waals surface area contributed by atoms with Crippen LogP contribution in [0.3, 0.4) is 0 Å². The first-order valence-corrected chi connectivity index (χ1v) is 8.70. The third-order valence-electron chi connectivity index (χ3n) is 4.03. The number of nitrogens with one attached hydrogen (secondary N) is 1. The topological polar surface area (TPSA) is 117 Å². The maximum absolute atomic E-state index is 12.3. The van der Waals surface area contributed by atoms with Crippen molar-refractivity contribution < 1.29 is 28.6 Å². The fraction of sp³-hybridized carbons (Fsp3) is 0.211. The zero-order valence-electron chi connectivity index (χ0n) is 14.6. The van der Waals surface area contributed by atoms with Gasteiger partial charge in [-0.1, -0.05) is 29.8 Å². The van der Waals surface area contributed by atoms with Gasteiger partial charge < -0.3 is 25.3 Å². The summed E-state index contributed by atoms with van der Waals surface area (Å²) >= 11 is 6.12. The fourth-order valence-electron chi connectivity index (χ4n) is 2.69. The number of hydrogen-bond acceptors (Lipinski definition) is 6. The monoisotopic (exact) mass is 404 g/mol. The first kappa shape index (κ1) is 19.5. The van der Waals surface area contributed by atoms with Crippen LogP contribution in [0.1, 0.15) is 28.4 Å². The number of halogens is 1. The van der Waals surface area contributed by atoms with Gasteiger partial charge in [-0.2, -0.15) is 0 Å². The molecule has 3 rings (SSSR count). The van der Waals surface area contributed by atoms with Crippen LogP contribution in [0.2, 0.25) is 5.02 Å². The Balaban J connectivity index is 1.60. The van der Waals surface area contributed by atoms with Gasteiger partial charge in [-0.15, -0.1) is 0 Å². The summed E-state index contributed by atoms with van der Waals surface area (Å²) < 4.78 is 15.5. The third-order valence-corrected chi connectivity index (χ3v) is 4.37. The van der Waals surface area contributed by atoms with Gasteiger partial charge in [-0.25, -0.2) is 4.79 Å². The second kappa shape index (κ2) is 8.62. The first-order valence-electron chi connectivity index (χ1n) is 8.33. The molecule has 2 amide bonds. The molecule has 0 radical (unpaired) electrons. The number of fused-ring (bicyclic) bond motifs is 1. The molecule has 146 valence electrons. The van der Waals surface area contributed by atoms with Crippen LogP contribution in [-0.2, 0) is 9.53 Å². The predicted octanol–water partition coefficient (Wildman–Crippen LogP) is 2.59. The highest BCUT2D eigenvalue weighted by molar-refractivity contribution is 6.31. The van der Waals surface area contributed by atoms with Crippen LogP contribution >= 0.6 is 11.6 Å². The average molecular weight is 405 g/mol. The number of hydrogen-bond donors (Lipinski definition) is 2. The van der Waals surface area contributed by atoms with Gasteiger partial charge >= 0.3 is 12.0 Å². The number of Topliss-reactive ketones (excluding diaryl/α,β-unsaturated/α-hetero) is 1. The fourth-order valence-corrected chi connectivity index (χ4v) is 2.96. The van der Waals surface area contributed by atoms with Gasteiger partial charge in [0.15, 0.2) is 23.9 Å². The first-order chi connectivity index (χ1) is 13.4. The van der Waals surface area contributed by atoms with E-state index in [1.54, 1.807) is 36.4 Å². The molecule has 1 heterocycles. The summed E-state index contributed by atoms with van der Waals surface area (Å²) in [4.78, 5) is 35.7. The highest BCUT2D eigenvalue weighted by Crippen LogP contribution is 2.32. The van der Waals surface area contributed by atoms with Gasteiger partial charge in [0, 0.05) is 10.6 Å². The Morgan fingerprint density at radius 3 is 2.64 bits per heavy atom. The minimum absolute atomic E-state index is 0.0955. The van der Waals surface area contributed by atoms with Crippen molar-refractivity contribution >= 4 is 29.4 Å². The lowest BCUT2D eigenvalue weighted by Gasteiger charge is -2.18. The molecule has 1 aliphatic rings. The van der Waals surface area contributed by atoms with Crippen molar-refractivity contribution in [3.05, 3.63) is 58.6 Å². The predicted molar refractivity (Wildman–Crippen MR) is 99.4 cm³/mol. The maximum atomic E-state index is 12.3. The highest BCUT2D eigenvalue weighted by Gasteiger charge is 2.22. The van der Waals surface area contributed by atoms with Crippen LogP contribution in [0.15, 0.2) is 42.5 Å². The van der Waals surface area contributed by atoms with Gasteiger partial charge in [0.25, 0.3) is 0 Å². The van der Waals surface area contributed by atoms with Gasteiger partial charge in [-0.3, -0.25) is 9.59 Å². The van der Waals surface area contributed by atoms with Crippen molar-refractivity contribution in [2.24, 2.45) is 5.73 Å². The van der Waals surface area contributed by atoms with E-state index in [4.69, 9.17) is 31.5 Å². The minimum Gasteiger partial charge on any atom is -0.457 e. The smallest absolute Gasteiger partial charge is 0.312 e. The van der Waals surface area contributed by atoms with E-state index in [0.717, 1.165) is 0 Å². The summed E-state index contributed by atoms with van der Waals surface area (Å²) in [6.07, 6.45) is -0.235. The average Bonchev–Trinajstić information content (AvgIpc) is 3.13. The van der Waals surface area contributed by atoms with E-state index in [0.29, 0.717) is 27.6 Å². The van der Waals surface area contributed by atoms with Gasteiger partial charge in [0.1, 0.15) is 0 Å². The zero-order chi connectivity index (χ0) is 20.1. The van der Waals surface area contributed by atoms with Crippen molar-refractivity contribution in [3.8, 4) is 11.5 Å². The van der Waals surface area contributed by atoms with E-state index in [1.165, 1.54) is 6.07 Å². The van der Waals surface area contributed by atoms with Gasteiger partial charge in [0.05, 0.1) is 12.5 Å². The SMILES string of the molecule is NC(=O)N[C@@H](CC(=O)OCC(=O)c1ccc2c(c1)OCO2)c1ccccc1Cl. The zero-order valence-corrected chi connectivity index (χ0v) is 15.4. The Kier molecular flexibility index (Phi) is 6.00. The summed E-state index contributed by atoms with van der Waals surface area (Å²) in [5.41, 5.74) is 6.02. The summed E-state index contributed by atoms with van der Waals surface area (Å²) in [5.74, 6) is -0.0770. The number of benzene rings is 2. The van der Waals surface area contributed by atoms with Crippen LogP contribution in [-0.4, -0.2) is 31.2 Å². The van der Waals surface area contributed by atoms with Gasteiger partial charge in [-0.05, 0) is 29.8 Å². The Morgan fingerprint density at radius 1 is 1.14 bits per heavy atom. The molecule has 9 heteroatoms. The Hall–Kier alpha value is -3.26. The number of ketones is 1. The molecule has 28 heavy (non-hydrogen) atoms. The largest absolute Gasteiger partial charge is 0.457 e. The second-order valence-corrected chi connectivity index (χ2v) is 6.35. The molecule has 0 fully saturated rings. The standard InChI is InChI=1S/C19H17ClN2O6/c20-13-4-2-1-3-12(13)14(22-19(21)25)8-18(24)26-9-15(23)11-5-6-16-17(7-11)28-10-27-16/h1-7,14H,8-10H2,(H3,21,22,25)/t14-/m0/s1. The summed E-state index contributed by atoms with van der Waals surface area (Å²) in [5, 5.41) is 2.82. The number of carbonyl (C=O) groups excluding carboxylic acids is 3. The normalized spacial score (nSPS) is 12.9. The maximum Gasteiger partial charge on any atom is 0.312 e. The lowest BCUT2D eigenvalue weighted by Crippen LogP contribution is -2.35. The van der Waals surface area contributed by atoms with E-state index in [9.17, 15) is 14.4 Å². The number of carbonyl (C=O) groups is 3. The molecule has 0 spiro atoms. The molecule has 8 nitrogen and oxygen atoms in total. The van der Waals surface area contributed by atoms with Crippen LogP contribution in [0.4, 0.5) is 4.79 Å². The molecule has 0 saturated carbocycles. The van der Waals surface area contributed by atoms with E-state index < -0.39 is 30.4 Å². The number of nitrogens with two attached hydrogens (primary N) is 1. The Labute approximate surface area is 165 Å². The molecule has 1 atom stereocenters. The van der Waals surface area contributed by atoms with Crippen LogP contribution in [0.5, 0.6) is 11.5 Å². The molecule has 0 aliphatic carbocycles. The number of rotatable bonds is 7. The quantitative estimate of drug-likeness (QED) is 0.541. The van der Waals surface area contributed by atoms with Crippen molar-refractivity contribution in [2.45, 2.75) is 12.5 Å². The number of esters is 1. The van der Waals surface area contributed by atoms with Crippen molar-refractivity contribution in [3.63, 3.8) is 0 Å². The van der Waals surface area contributed by atoms with Crippen molar-refractivity contribution in [1.29, 1.82) is 0 Å². The van der Waals surface area contributed by atoms with E-state index in [1.807, 2.05) is 0 Å². The molecule has 0 bridgehead atoms. The summed E-state index contributed by atoms with van der Waals surface area (Å²) in [6, 6.07) is 9.83. The molecule has 0 aromatic heterocycles. The molecule has 2 aromatic rings. The lowest BCUT2D eigenvalue weighted by molar-refractivity contribution is -0.143. The summed E-state index contributed by atoms with van der Waals surface area (Å²) in [7, 11) is 0. The molecule has 2 aromatic carbocycles. The molecule has 3 N–H and O–H groups in total. The van der Waals surface area contributed by atoms with E-state index >= 15 is 0 Å². The van der Waals surface area contributed by atoms with Crippen molar-refractivity contribution in [1.82, 2.24) is 5.32 Å². The Morgan fingerprint density at radius 2 is 1.89 bits per heavy atom. The van der Waals surface area contributed by atoms with Crippen molar-refractivity contribution in [2.75, 3.05) is 13.4 Å². The number of ether oxygens (including phenoxy) is 3. The van der Waals surface area contributed by atoms with Crippen LogP contribution < -0.4 is 20.5 Å². The summed E-state index contributed by atoms with van der Waals surface area (Å²) in [6.45, 7) is -0.359.